The molecule has 8 rings (SSSR count). The third-order valence-corrected chi connectivity index (χ3v) is 13.2. The van der Waals surface area contributed by atoms with E-state index in [0.717, 1.165) is 43.6 Å². The van der Waals surface area contributed by atoms with Gasteiger partial charge in [0, 0.05) is 60.9 Å². The molecule has 0 radical (unpaired) electrons. The molecule has 4 fully saturated rings. The summed E-state index contributed by atoms with van der Waals surface area (Å²) in [7, 11) is -3.33. The van der Waals surface area contributed by atoms with E-state index in [1.807, 2.05) is 4.90 Å². The number of piperidine rings is 1. The van der Waals surface area contributed by atoms with Crippen molar-refractivity contribution in [3.8, 4) is 17.1 Å². The number of rotatable bonds is 6. The van der Waals surface area contributed by atoms with Gasteiger partial charge in [-0.25, -0.2) is 30.7 Å². The van der Waals surface area contributed by atoms with Crippen molar-refractivity contribution in [1.29, 1.82) is 0 Å². The van der Waals surface area contributed by atoms with Gasteiger partial charge in [0.2, 0.25) is 15.7 Å². The van der Waals surface area contributed by atoms with E-state index in [1.54, 1.807) is 6.07 Å². The lowest BCUT2D eigenvalue weighted by molar-refractivity contribution is 0.0540. The minimum Gasteiger partial charge on any atom is -0.461 e. The number of anilines is 2. The van der Waals surface area contributed by atoms with Crippen molar-refractivity contribution in [2.24, 2.45) is 5.41 Å². The van der Waals surface area contributed by atoms with E-state index in [2.05, 4.69) is 14.7 Å². The molecule has 2 aromatic carbocycles. The van der Waals surface area contributed by atoms with Crippen LogP contribution in [0.5, 0.6) is 6.01 Å². The molecule has 10 nitrogen and oxygen atoms in total. The van der Waals surface area contributed by atoms with Crippen LogP contribution in [0.25, 0.3) is 37.0 Å². The Hall–Kier alpha value is -3.42. The number of fused-ring (bicyclic) bond motifs is 3. The van der Waals surface area contributed by atoms with E-state index in [0.29, 0.717) is 50.3 Å². The first kappa shape index (κ1) is 32.8. The topological polar surface area (TPSA) is 109 Å². The monoisotopic (exact) mass is 731 g/mol. The van der Waals surface area contributed by atoms with Gasteiger partial charge in [0.05, 0.1) is 33.1 Å². The largest absolute Gasteiger partial charge is 0.461 e. The number of sulfonamides is 1. The number of nitrogens with zero attached hydrogens (tertiary/aromatic N) is 6. The highest BCUT2D eigenvalue weighted by atomic mass is 35.5. The number of benzene rings is 2. The van der Waals surface area contributed by atoms with Crippen molar-refractivity contribution in [3.05, 3.63) is 46.3 Å². The molecule has 0 saturated carbocycles. The highest BCUT2D eigenvalue weighted by Crippen LogP contribution is 2.50. The Morgan fingerprint density at radius 1 is 1.18 bits per heavy atom. The van der Waals surface area contributed by atoms with Crippen molar-refractivity contribution >= 4 is 70.5 Å². The summed E-state index contributed by atoms with van der Waals surface area (Å²) in [6, 6.07) is 4.08. The summed E-state index contributed by atoms with van der Waals surface area (Å²) in [4.78, 5) is 17.0. The third-order valence-electron chi connectivity index (χ3n) is 10.7. The zero-order valence-electron chi connectivity index (χ0n) is 26.6. The van der Waals surface area contributed by atoms with Crippen LogP contribution in [-0.2, 0) is 10.0 Å². The molecule has 2 aromatic heterocycles. The number of hydrogen-bond donors (Lipinski definition) is 1. The first-order chi connectivity index (χ1) is 23.3. The predicted molar refractivity (Wildman–Crippen MR) is 185 cm³/mol. The number of nitrogen functional groups attached to an aromatic ring is 1. The van der Waals surface area contributed by atoms with E-state index in [-0.39, 0.29) is 60.5 Å². The SMILES string of the molecule is [C-]#[N+]c1c(N)sc2c(F)ccc(-c3c(Cl)cc4c(N5CCCC6(C5)CN(S(C)(=O)=O)C6)nc(OC[C@@]56CCCN5C[C@H](F)C6)nc4c3F)c12. The summed E-state index contributed by atoms with van der Waals surface area (Å²) in [6.45, 7) is 10.8. The first-order valence-electron chi connectivity index (χ1n) is 16.1. The molecule has 49 heavy (non-hydrogen) atoms. The maximum atomic E-state index is 17.1. The predicted octanol–water partition coefficient (Wildman–Crippen LogP) is 6.39. The Morgan fingerprint density at radius 2 is 1.96 bits per heavy atom. The fourth-order valence-corrected chi connectivity index (χ4v) is 10.7. The van der Waals surface area contributed by atoms with Gasteiger partial charge in [-0.2, -0.15) is 9.97 Å². The van der Waals surface area contributed by atoms with Crippen LogP contribution in [0.3, 0.4) is 0 Å². The van der Waals surface area contributed by atoms with Gasteiger partial charge in [-0.3, -0.25) is 4.90 Å². The molecular formula is C33H33ClF3N7O3S2. The quantitative estimate of drug-likeness (QED) is 0.227. The Bertz CT molecular complexity index is 2190. The number of nitrogens with two attached hydrogens (primary N) is 1. The average molecular weight is 732 g/mol. The number of hydrogen-bond acceptors (Lipinski definition) is 9. The molecule has 0 bridgehead atoms. The molecule has 4 saturated heterocycles. The van der Waals surface area contributed by atoms with Gasteiger partial charge in [0.1, 0.15) is 29.9 Å². The van der Waals surface area contributed by atoms with Crippen molar-refractivity contribution < 1.29 is 26.3 Å². The molecule has 1 spiro atoms. The summed E-state index contributed by atoms with van der Waals surface area (Å²) in [5.74, 6) is -0.991. The molecule has 6 heterocycles. The molecule has 2 atom stereocenters. The van der Waals surface area contributed by atoms with E-state index >= 15 is 4.39 Å². The molecule has 258 valence electrons. The lowest BCUT2D eigenvalue weighted by Gasteiger charge is -2.53. The summed E-state index contributed by atoms with van der Waals surface area (Å²) in [5, 5.41) is 0.621. The van der Waals surface area contributed by atoms with Crippen molar-refractivity contribution in [2.75, 3.05) is 62.8 Å². The van der Waals surface area contributed by atoms with Crippen LogP contribution in [0.2, 0.25) is 5.02 Å². The van der Waals surface area contributed by atoms with Gasteiger partial charge in [0.25, 0.3) is 0 Å². The fourth-order valence-electron chi connectivity index (χ4n) is 8.44. The van der Waals surface area contributed by atoms with E-state index in [9.17, 15) is 17.2 Å². The first-order valence-corrected chi connectivity index (χ1v) is 19.2. The zero-order chi connectivity index (χ0) is 34.5. The van der Waals surface area contributed by atoms with E-state index in [1.165, 1.54) is 22.7 Å². The summed E-state index contributed by atoms with van der Waals surface area (Å²) in [5.41, 5.74) is 5.37. The summed E-state index contributed by atoms with van der Waals surface area (Å²) < 4.78 is 78.7. The van der Waals surface area contributed by atoms with Crippen LogP contribution in [-0.4, -0.2) is 91.4 Å². The highest BCUT2D eigenvalue weighted by molar-refractivity contribution is 7.88. The Labute approximate surface area is 290 Å². The molecule has 0 aliphatic carbocycles. The minimum absolute atomic E-state index is 0.0103. The van der Waals surface area contributed by atoms with Crippen molar-refractivity contribution in [2.45, 2.75) is 43.8 Å². The van der Waals surface area contributed by atoms with E-state index < -0.39 is 33.4 Å². The van der Waals surface area contributed by atoms with Gasteiger partial charge in [0.15, 0.2) is 5.82 Å². The normalized spacial score (nSPS) is 24.1. The number of aromatic nitrogens is 2. The zero-order valence-corrected chi connectivity index (χ0v) is 29.0. The lowest BCUT2D eigenvalue weighted by atomic mass is 9.75. The molecule has 0 unspecified atom stereocenters. The molecular weight excluding hydrogens is 699 g/mol. The molecule has 4 aromatic rings. The number of ether oxygens (including phenoxy) is 1. The van der Waals surface area contributed by atoms with Gasteiger partial charge in [-0.05, 0) is 49.9 Å². The molecule has 16 heteroatoms. The molecule has 2 N–H and O–H groups in total. The second-order valence-electron chi connectivity index (χ2n) is 13.9. The summed E-state index contributed by atoms with van der Waals surface area (Å²) in [6.07, 6.45) is 3.85. The standard InChI is InChI=1S/C33H33ClF3N7O3S2/c1-39-27-24-19(5-6-22(36)28(24)48-29(27)38)23-21(34)11-20-26(25(23)37)40-31(47-17-33-8-4-10-43(33)13-18(35)12-33)41-30(20)42-9-3-7-32(14-42)15-44(16-32)49(2,45)46/h5-6,11,18H,3-4,7-10,12-17,38H2,2H3/t18-,33+/m1/s1. The summed E-state index contributed by atoms with van der Waals surface area (Å²) >= 11 is 7.77. The highest BCUT2D eigenvalue weighted by Gasteiger charge is 2.50. The second kappa shape index (κ2) is 11.6. The van der Waals surface area contributed by atoms with Crippen LogP contribution >= 0.6 is 22.9 Å². The van der Waals surface area contributed by atoms with Gasteiger partial charge < -0.3 is 15.4 Å². The number of alkyl halides is 1. The van der Waals surface area contributed by atoms with Crippen molar-refractivity contribution in [1.82, 2.24) is 19.2 Å². The van der Waals surface area contributed by atoms with Gasteiger partial charge >= 0.3 is 6.01 Å². The Kier molecular flexibility index (Phi) is 7.73. The van der Waals surface area contributed by atoms with E-state index in [4.69, 9.17) is 33.6 Å². The van der Waals surface area contributed by atoms with Crippen LogP contribution < -0.4 is 15.4 Å². The van der Waals surface area contributed by atoms with Gasteiger partial charge in [-0.15, -0.1) is 11.3 Å². The minimum atomic E-state index is -3.33. The number of halogens is 4. The van der Waals surface area contributed by atoms with Crippen LogP contribution in [0.1, 0.15) is 32.1 Å². The smallest absolute Gasteiger partial charge is 0.319 e. The Morgan fingerprint density at radius 3 is 2.71 bits per heavy atom. The molecule has 4 aliphatic rings. The average Bonchev–Trinajstić information content (AvgIpc) is 3.68. The van der Waals surface area contributed by atoms with Gasteiger partial charge in [-0.1, -0.05) is 17.7 Å². The maximum absolute atomic E-state index is 17.1. The second-order valence-corrected chi connectivity index (χ2v) is 17.4. The third kappa shape index (κ3) is 5.29. The molecule has 0 amide bonds. The molecule has 4 aliphatic heterocycles. The van der Waals surface area contributed by atoms with Crippen molar-refractivity contribution in [3.63, 3.8) is 0 Å². The van der Waals surface area contributed by atoms with Crippen LogP contribution in [0.15, 0.2) is 18.2 Å². The van der Waals surface area contributed by atoms with Crippen LogP contribution in [0, 0.1) is 23.6 Å². The number of thiophene rings is 1. The lowest BCUT2D eigenvalue weighted by Crippen LogP contribution is -2.64. The Balaban J connectivity index is 1.26. The fraction of sp³-hybridized carbons (Fsp3) is 0.485. The maximum Gasteiger partial charge on any atom is 0.319 e. The van der Waals surface area contributed by atoms with Crippen LogP contribution in [0.4, 0.5) is 29.7 Å².